The highest BCUT2D eigenvalue weighted by atomic mass is 16.2. The van der Waals surface area contributed by atoms with E-state index < -0.39 is 5.54 Å². The van der Waals surface area contributed by atoms with Crippen molar-refractivity contribution in [2.24, 2.45) is 5.73 Å². The summed E-state index contributed by atoms with van der Waals surface area (Å²) in [5.41, 5.74) is 7.37. The number of rotatable bonds is 2. The Morgan fingerprint density at radius 2 is 1.72 bits per heavy atom. The third-order valence-corrected chi connectivity index (χ3v) is 2.89. The fourth-order valence-corrected chi connectivity index (χ4v) is 2.10. The maximum Gasteiger partial charge on any atom is 0.246 e. The molecule has 0 saturated carbocycles. The first kappa shape index (κ1) is 12.6. The number of nitrogens with one attached hydrogen (secondary N) is 1. The number of nitrogens with two attached hydrogens (primary N) is 1. The number of nitrogens with zero attached hydrogens (tertiary/aromatic N) is 1. The minimum Gasteiger partial charge on any atom is -0.353 e. The van der Waals surface area contributed by atoms with Crippen molar-refractivity contribution in [2.45, 2.75) is 19.4 Å². The molecule has 1 heterocycles. The lowest BCUT2D eigenvalue weighted by Crippen LogP contribution is -2.52. The van der Waals surface area contributed by atoms with Crippen LogP contribution in [0.1, 0.15) is 19.4 Å². The Morgan fingerprint density at radius 1 is 1.17 bits per heavy atom. The van der Waals surface area contributed by atoms with E-state index in [-0.39, 0.29) is 24.9 Å². The SMILES string of the molecule is CC(C)(N)c1ccccc1N1CC(=O)NC(=O)C1. The van der Waals surface area contributed by atoms with Gasteiger partial charge in [0.25, 0.3) is 0 Å². The first-order valence-corrected chi connectivity index (χ1v) is 5.84. The van der Waals surface area contributed by atoms with Crippen molar-refractivity contribution < 1.29 is 9.59 Å². The van der Waals surface area contributed by atoms with Crippen molar-refractivity contribution in [1.29, 1.82) is 0 Å². The van der Waals surface area contributed by atoms with E-state index in [1.54, 1.807) is 4.90 Å². The summed E-state index contributed by atoms with van der Waals surface area (Å²) in [6.07, 6.45) is 0. The third kappa shape index (κ3) is 2.51. The zero-order chi connectivity index (χ0) is 13.3. The molecule has 0 atom stereocenters. The Morgan fingerprint density at radius 3 is 2.28 bits per heavy atom. The van der Waals surface area contributed by atoms with Crippen LogP contribution in [-0.4, -0.2) is 24.9 Å². The molecule has 0 bridgehead atoms. The van der Waals surface area contributed by atoms with Crippen molar-refractivity contribution in [1.82, 2.24) is 5.32 Å². The summed E-state index contributed by atoms with van der Waals surface area (Å²) >= 11 is 0. The molecule has 1 fully saturated rings. The number of benzene rings is 1. The van der Waals surface area contributed by atoms with E-state index in [4.69, 9.17) is 5.73 Å². The molecule has 5 nitrogen and oxygen atoms in total. The molecule has 0 spiro atoms. The van der Waals surface area contributed by atoms with E-state index in [0.717, 1.165) is 11.3 Å². The summed E-state index contributed by atoms with van der Waals surface area (Å²) in [5.74, 6) is -0.563. The molecule has 1 aromatic carbocycles. The lowest BCUT2D eigenvalue weighted by molar-refractivity contribution is -0.130. The summed E-state index contributed by atoms with van der Waals surface area (Å²) in [7, 11) is 0. The largest absolute Gasteiger partial charge is 0.353 e. The molecule has 1 saturated heterocycles. The van der Waals surface area contributed by atoms with E-state index in [2.05, 4.69) is 5.32 Å². The van der Waals surface area contributed by atoms with Gasteiger partial charge in [-0.3, -0.25) is 14.9 Å². The maximum atomic E-state index is 11.4. The molecule has 2 amide bonds. The van der Waals surface area contributed by atoms with Gasteiger partial charge in [-0.1, -0.05) is 18.2 Å². The van der Waals surface area contributed by atoms with Crippen LogP contribution < -0.4 is 16.0 Å². The predicted octanol–water partition coefficient (Wildman–Crippen LogP) is 0.343. The van der Waals surface area contributed by atoms with Crippen molar-refractivity contribution in [2.75, 3.05) is 18.0 Å². The predicted molar refractivity (Wildman–Crippen MR) is 69.0 cm³/mol. The zero-order valence-corrected chi connectivity index (χ0v) is 10.6. The van der Waals surface area contributed by atoms with Crippen molar-refractivity contribution in [3.05, 3.63) is 29.8 Å². The summed E-state index contributed by atoms with van der Waals surface area (Å²) < 4.78 is 0. The molecule has 96 valence electrons. The Labute approximate surface area is 106 Å². The molecule has 0 aromatic heterocycles. The highest BCUT2D eigenvalue weighted by molar-refractivity contribution is 6.02. The average Bonchev–Trinajstić information content (AvgIpc) is 2.26. The fraction of sp³-hybridized carbons (Fsp3) is 0.385. The molecule has 2 rings (SSSR count). The standard InChI is InChI=1S/C13H17N3O2/c1-13(2,14)9-5-3-4-6-10(9)16-7-11(17)15-12(18)8-16/h3-6H,7-8,14H2,1-2H3,(H,15,17,18). The molecule has 1 aliphatic heterocycles. The number of para-hydroxylation sites is 1. The number of carbonyl (C=O) groups is 2. The first-order chi connectivity index (χ1) is 8.38. The van der Waals surface area contributed by atoms with Crippen LogP contribution in [0.25, 0.3) is 0 Å². The topological polar surface area (TPSA) is 75.4 Å². The number of amides is 2. The molecule has 5 heteroatoms. The van der Waals surface area contributed by atoms with E-state index in [0.29, 0.717) is 0 Å². The Bertz CT molecular complexity index is 475. The van der Waals surface area contributed by atoms with Crippen molar-refractivity contribution in [3.63, 3.8) is 0 Å². The van der Waals surface area contributed by atoms with Crippen LogP contribution in [0.3, 0.4) is 0 Å². The van der Waals surface area contributed by atoms with Crippen LogP contribution >= 0.6 is 0 Å². The normalized spacial score (nSPS) is 16.7. The molecule has 0 unspecified atom stereocenters. The van der Waals surface area contributed by atoms with Gasteiger partial charge in [-0.2, -0.15) is 0 Å². The van der Waals surface area contributed by atoms with Gasteiger partial charge in [0.1, 0.15) is 0 Å². The number of piperazine rings is 1. The van der Waals surface area contributed by atoms with Crippen LogP contribution in [0.4, 0.5) is 5.69 Å². The van der Waals surface area contributed by atoms with Gasteiger partial charge in [-0.25, -0.2) is 0 Å². The van der Waals surface area contributed by atoms with Gasteiger partial charge in [0, 0.05) is 11.2 Å². The van der Waals surface area contributed by atoms with Crippen LogP contribution in [0.2, 0.25) is 0 Å². The second kappa shape index (κ2) is 4.42. The van der Waals surface area contributed by atoms with Crippen LogP contribution in [-0.2, 0) is 15.1 Å². The Kier molecular flexibility index (Phi) is 3.09. The van der Waals surface area contributed by atoms with E-state index in [1.165, 1.54) is 0 Å². The number of imide groups is 1. The minimum absolute atomic E-state index is 0.179. The van der Waals surface area contributed by atoms with Gasteiger partial charge in [-0.05, 0) is 25.5 Å². The molecule has 0 aliphatic carbocycles. The summed E-state index contributed by atoms with van der Waals surface area (Å²) in [5, 5.41) is 2.29. The quantitative estimate of drug-likeness (QED) is 0.739. The third-order valence-electron chi connectivity index (χ3n) is 2.89. The molecule has 1 aromatic rings. The highest BCUT2D eigenvalue weighted by Gasteiger charge is 2.27. The average molecular weight is 247 g/mol. The van der Waals surface area contributed by atoms with Gasteiger partial charge in [0.2, 0.25) is 11.8 Å². The monoisotopic (exact) mass is 247 g/mol. The lowest BCUT2D eigenvalue weighted by atomic mass is 9.93. The molecular weight excluding hydrogens is 230 g/mol. The van der Waals surface area contributed by atoms with Gasteiger partial charge >= 0.3 is 0 Å². The minimum atomic E-state index is -0.520. The molecular formula is C13H17N3O2. The second-order valence-electron chi connectivity index (χ2n) is 5.07. The smallest absolute Gasteiger partial charge is 0.246 e. The number of carbonyl (C=O) groups excluding carboxylic acids is 2. The van der Waals surface area contributed by atoms with Crippen molar-refractivity contribution >= 4 is 17.5 Å². The van der Waals surface area contributed by atoms with Gasteiger partial charge in [-0.15, -0.1) is 0 Å². The Balaban J connectivity index is 2.39. The summed E-state index contributed by atoms with van der Waals surface area (Å²) in [6.45, 7) is 4.16. The van der Waals surface area contributed by atoms with Crippen molar-refractivity contribution in [3.8, 4) is 0 Å². The fourth-order valence-electron chi connectivity index (χ4n) is 2.10. The first-order valence-electron chi connectivity index (χ1n) is 5.84. The number of anilines is 1. The van der Waals surface area contributed by atoms with Crippen LogP contribution in [0.15, 0.2) is 24.3 Å². The van der Waals surface area contributed by atoms with Crippen LogP contribution in [0, 0.1) is 0 Å². The molecule has 1 aliphatic rings. The maximum absolute atomic E-state index is 11.4. The lowest BCUT2D eigenvalue weighted by Gasteiger charge is -2.32. The summed E-state index contributed by atoms with van der Waals surface area (Å²) in [6, 6.07) is 7.59. The highest BCUT2D eigenvalue weighted by Crippen LogP contribution is 2.28. The van der Waals surface area contributed by atoms with E-state index >= 15 is 0 Å². The molecule has 18 heavy (non-hydrogen) atoms. The van der Waals surface area contributed by atoms with Gasteiger partial charge < -0.3 is 10.6 Å². The van der Waals surface area contributed by atoms with E-state index in [1.807, 2.05) is 38.1 Å². The second-order valence-corrected chi connectivity index (χ2v) is 5.07. The van der Waals surface area contributed by atoms with E-state index in [9.17, 15) is 9.59 Å². The number of hydrogen-bond donors (Lipinski definition) is 2. The summed E-state index contributed by atoms with van der Waals surface area (Å²) in [4.78, 5) is 24.6. The Hall–Kier alpha value is -1.88. The number of hydrogen-bond acceptors (Lipinski definition) is 4. The zero-order valence-electron chi connectivity index (χ0n) is 10.6. The van der Waals surface area contributed by atoms with Gasteiger partial charge in [0.05, 0.1) is 13.1 Å². The van der Waals surface area contributed by atoms with Gasteiger partial charge in [0.15, 0.2) is 0 Å². The van der Waals surface area contributed by atoms with Crippen LogP contribution in [0.5, 0.6) is 0 Å². The molecule has 0 radical (unpaired) electrons. The molecule has 3 N–H and O–H groups in total.